The van der Waals surface area contributed by atoms with E-state index in [4.69, 9.17) is 56.8 Å². The third-order valence-electron chi connectivity index (χ3n) is 20.0. The Morgan fingerprint density at radius 1 is 0.705 bits per heavy atom. The average Bonchev–Trinajstić information content (AvgIpc) is 3.62. The number of hydrogen-bond donors (Lipinski definition) is 6. The molecule has 20 heteroatoms. The van der Waals surface area contributed by atoms with Gasteiger partial charge < -0.3 is 87.5 Å². The van der Waals surface area contributed by atoms with Crippen molar-refractivity contribution < 1.29 is 97.1 Å². The summed E-state index contributed by atoms with van der Waals surface area (Å²) in [4.78, 5) is 26.4. The summed E-state index contributed by atoms with van der Waals surface area (Å²) in [7, 11) is 4.58. The maximum absolute atomic E-state index is 14.1. The number of hydrogen-bond acceptors (Lipinski definition) is 20. The first-order chi connectivity index (χ1) is 37.1. The van der Waals surface area contributed by atoms with Gasteiger partial charge in [0.15, 0.2) is 30.9 Å². The van der Waals surface area contributed by atoms with Gasteiger partial charge in [0.2, 0.25) is 0 Å². The summed E-state index contributed by atoms with van der Waals surface area (Å²) < 4.78 is 74.2. The molecule has 8 aliphatic rings. The quantitative estimate of drug-likeness (QED) is 0.0734. The van der Waals surface area contributed by atoms with E-state index in [9.17, 15) is 40.2 Å². The molecule has 0 aromatic heterocycles. The minimum atomic E-state index is -1.67. The van der Waals surface area contributed by atoms with E-state index in [-0.39, 0.29) is 53.4 Å². The second-order valence-electron chi connectivity index (χ2n) is 24.2. The molecular formula is C58H88O20. The SMILES string of the molecule is COC1CC(OC2CCC3(C)C(=CCC4C3CC(CC(=O)c3ccccc3)C3(C)C(C(C)OC(C)=O)CCC43O)C2)OC(C)C1OC1CC(OC)C(OC2OC(C)C(OC3OC(CO)C(O)C(O)C3O)C(OC)C2O)C(C)O1. The molecular weight excluding hydrogens is 1020 g/mol. The van der Waals surface area contributed by atoms with Gasteiger partial charge in [0.25, 0.3) is 0 Å². The summed E-state index contributed by atoms with van der Waals surface area (Å²) in [5, 5.41) is 65.7. The smallest absolute Gasteiger partial charge is 0.302 e. The molecule has 1 aromatic carbocycles. The normalized spacial score (nSPS) is 47.9. The lowest BCUT2D eigenvalue weighted by atomic mass is 9.42. The highest BCUT2D eigenvalue weighted by Crippen LogP contribution is 2.71. The minimum Gasteiger partial charge on any atom is -0.463 e. The number of carbonyl (C=O) groups excluding carboxylic acids is 2. The third kappa shape index (κ3) is 11.2. The van der Waals surface area contributed by atoms with Crippen LogP contribution in [-0.4, -0.2) is 199 Å². The number of esters is 1. The van der Waals surface area contributed by atoms with Crippen LogP contribution in [0.4, 0.5) is 0 Å². The van der Waals surface area contributed by atoms with Crippen LogP contribution in [0.25, 0.3) is 0 Å². The van der Waals surface area contributed by atoms with Crippen LogP contribution in [-0.2, 0) is 61.6 Å². The highest BCUT2D eigenvalue weighted by atomic mass is 16.8. The summed E-state index contributed by atoms with van der Waals surface area (Å²) in [6.07, 6.45) is -9.70. The number of aliphatic hydroxyl groups is 6. The van der Waals surface area contributed by atoms with Gasteiger partial charge in [-0.2, -0.15) is 0 Å². The molecule has 0 spiro atoms. The van der Waals surface area contributed by atoms with E-state index in [2.05, 4.69) is 19.9 Å². The molecule has 78 heavy (non-hydrogen) atoms. The maximum atomic E-state index is 14.1. The van der Waals surface area contributed by atoms with E-state index in [1.54, 1.807) is 21.1 Å². The van der Waals surface area contributed by atoms with Crippen LogP contribution in [0.15, 0.2) is 42.0 Å². The topological polar surface area (TPSA) is 266 Å². The van der Waals surface area contributed by atoms with Crippen LogP contribution in [0.3, 0.4) is 0 Å². The van der Waals surface area contributed by atoms with Crippen LogP contribution >= 0.6 is 0 Å². The summed E-state index contributed by atoms with van der Waals surface area (Å²) in [5.41, 5.74) is 0.0876. The van der Waals surface area contributed by atoms with Gasteiger partial charge in [0, 0.05) is 64.4 Å². The fraction of sp³-hybridized carbons (Fsp3) is 0.828. The minimum absolute atomic E-state index is 0.0138. The molecule has 7 fully saturated rings. The largest absolute Gasteiger partial charge is 0.463 e. The Bertz CT molecular complexity index is 2220. The Balaban J connectivity index is 0.809. The van der Waals surface area contributed by atoms with E-state index < -0.39 is 134 Å². The summed E-state index contributed by atoms with van der Waals surface area (Å²) in [5.74, 6) is -0.372. The molecule has 0 radical (unpaired) electrons. The summed E-state index contributed by atoms with van der Waals surface area (Å²) in [6, 6.07) is 9.42. The lowest BCUT2D eigenvalue weighted by molar-refractivity contribution is -0.373. The molecule has 3 saturated carbocycles. The van der Waals surface area contributed by atoms with Crippen LogP contribution in [0, 0.1) is 34.5 Å². The Morgan fingerprint density at radius 3 is 1.95 bits per heavy atom. The zero-order valence-corrected chi connectivity index (χ0v) is 47.0. The van der Waals surface area contributed by atoms with Crippen LogP contribution in [0.2, 0.25) is 0 Å². The van der Waals surface area contributed by atoms with Crippen molar-refractivity contribution >= 4 is 11.8 Å². The fourth-order valence-electron chi connectivity index (χ4n) is 15.7. The van der Waals surface area contributed by atoms with Gasteiger partial charge >= 0.3 is 5.97 Å². The monoisotopic (exact) mass is 1100 g/mol. The molecule has 27 unspecified atom stereocenters. The number of ether oxygens (including phenoxy) is 12. The molecule has 4 aliphatic heterocycles. The molecule has 0 amide bonds. The Morgan fingerprint density at radius 2 is 1.32 bits per heavy atom. The van der Waals surface area contributed by atoms with Gasteiger partial charge in [-0.1, -0.05) is 55.8 Å². The van der Waals surface area contributed by atoms with E-state index in [1.807, 2.05) is 51.1 Å². The van der Waals surface area contributed by atoms with Gasteiger partial charge in [-0.25, -0.2) is 0 Å². The third-order valence-corrected chi connectivity index (χ3v) is 20.0. The van der Waals surface area contributed by atoms with Crippen molar-refractivity contribution in [3.63, 3.8) is 0 Å². The zero-order valence-electron chi connectivity index (χ0n) is 47.0. The number of carbonyl (C=O) groups is 2. The van der Waals surface area contributed by atoms with Crippen LogP contribution in [0.1, 0.15) is 123 Å². The first kappa shape index (κ1) is 60.0. The van der Waals surface area contributed by atoms with Crippen molar-refractivity contribution in [2.75, 3.05) is 27.9 Å². The van der Waals surface area contributed by atoms with Crippen molar-refractivity contribution in [3.05, 3.63) is 47.5 Å². The van der Waals surface area contributed by atoms with Crippen molar-refractivity contribution in [2.45, 2.75) is 241 Å². The van der Waals surface area contributed by atoms with Gasteiger partial charge in [-0.15, -0.1) is 0 Å². The fourth-order valence-corrected chi connectivity index (χ4v) is 15.7. The maximum Gasteiger partial charge on any atom is 0.302 e. The predicted octanol–water partition coefficient (Wildman–Crippen LogP) is 3.89. The molecule has 4 aliphatic carbocycles. The lowest BCUT2D eigenvalue weighted by Gasteiger charge is -2.64. The number of ketones is 1. The van der Waals surface area contributed by atoms with E-state index in [1.165, 1.54) is 19.6 Å². The van der Waals surface area contributed by atoms with Crippen molar-refractivity contribution in [1.82, 2.24) is 0 Å². The van der Waals surface area contributed by atoms with Gasteiger partial charge in [0.1, 0.15) is 61.0 Å². The van der Waals surface area contributed by atoms with Crippen LogP contribution < -0.4 is 0 Å². The Labute approximate surface area is 458 Å². The van der Waals surface area contributed by atoms with E-state index in [0.29, 0.717) is 31.2 Å². The van der Waals surface area contributed by atoms with Crippen LogP contribution in [0.5, 0.6) is 0 Å². The summed E-state index contributed by atoms with van der Waals surface area (Å²) >= 11 is 0. The van der Waals surface area contributed by atoms with Gasteiger partial charge in [-0.05, 0) is 95.8 Å². The van der Waals surface area contributed by atoms with E-state index >= 15 is 0 Å². The second-order valence-corrected chi connectivity index (χ2v) is 24.2. The molecule has 440 valence electrons. The number of rotatable bonds is 17. The molecule has 4 saturated heterocycles. The Kier molecular flexibility index (Phi) is 18.7. The number of fused-ring (bicyclic) bond motifs is 5. The number of methoxy groups -OCH3 is 3. The summed E-state index contributed by atoms with van der Waals surface area (Å²) in [6.45, 7) is 12.7. The molecule has 9 rings (SSSR count). The zero-order chi connectivity index (χ0) is 56.2. The number of aliphatic hydroxyl groups excluding tert-OH is 5. The number of allylic oxidation sites excluding steroid dienone is 1. The van der Waals surface area contributed by atoms with E-state index in [0.717, 1.165) is 32.1 Å². The molecule has 1 aromatic rings. The van der Waals surface area contributed by atoms with Gasteiger partial charge in [0.05, 0.1) is 48.8 Å². The Hall–Kier alpha value is -2.58. The molecule has 27 atom stereocenters. The van der Waals surface area contributed by atoms with Gasteiger partial charge in [-0.3, -0.25) is 9.59 Å². The standard InChI is InChI=1S/C58H88O20/c1-28(70-32(5)60)37-19-21-58(66)38-17-16-34-22-36(18-20-56(34,6)39(38)23-35(57(37,58)7)24-40(61)33-14-12-11-13-15-33)74-44-25-41(67-8)50(29(2)71-44)76-45-26-42(68-9)51(30(3)72-45)77-55-49(65)53(69-10)52(31(4)73-55)78-54-48(64)47(63)46(62)43(27-59)75-54/h11-16,28-31,35-39,41-55,59,62-66H,17-27H2,1-10H3. The average molecular weight is 1110 g/mol. The predicted molar refractivity (Wildman–Crippen MR) is 276 cm³/mol. The molecule has 6 N–H and O–H groups in total. The molecule has 20 nitrogen and oxygen atoms in total. The van der Waals surface area contributed by atoms with Crippen molar-refractivity contribution in [3.8, 4) is 0 Å². The number of Topliss-reactive ketones (excluding diaryl/α,β-unsaturated/α-hetero) is 1. The molecule has 0 bridgehead atoms. The first-order valence-electron chi connectivity index (χ1n) is 28.4. The number of benzene rings is 1. The highest BCUT2D eigenvalue weighted by Gasteiger charge is 2.70. The van der Waals surface area contributed by atoms with Crippen molar-refractivity contribution in [2.24, 2.45) is 34.5 Å². The first-order valence-corrected chi connectivity index (χ1v) is 28.4. The van der Waals surface area contributed by atoms with Crippen molar-refractivity contribution in [1.29, 1.82) is 0 Å². The lowest BCUT2D eigenvalue weighted by Crippen LogP contribution is -2.65. The highest BCUT2D eigenvalue weighted by molar-refractivity contribution is 5.96. The molecule has 4 heterocycles. The second kappa shape index (κ2) is 24.3.